The van der Waals surface area contributed by atoms with Gasteiger partial charge in [0.2, 0.25) is 5.91 Å². The Morgan fingerprint density at radius 2 is 2.16 bits per heavy atom. The molecule has 2 aromatic rings. The van der Waals surface area contributed by atoms with Gasteiger partial charge in [-0.2, -0.15) is 0 Å². The highest BCUT2D eigenvalue weighted by atomic mass is 16.2. The summed E-state index contributed by atoms with van der Waals surface area (Å²) < 4.78 is 0. The molecule has 100 valence electrons. The molecule has 0 bridgehead atoms. The van der Waals surface area contributed by atoms with E-state index in [1.807, 2.05) is 31.2 Å². The molecule has 4 N–H and O–H groups in total. The average molecular weight is 258 g/mol. The lowest BCUT2D eigenvalue weighted by atomic mass is 10.1. The van der Waals surface area contributed by atoms with Crippen molar-refractivity contribution in [3.05, 3.63) is 36.8 Å². The maximum Gasteiger partial charge on any atom is 0.241 e. The number of nitrogens with zero attached hydrogens (tertiary/aromatic N) is 1. The molecule has 5 nitrogen and oxygen atoms in total. The van der Waals surface area contributed by atoms with Crippen LogP contribution in [0.1, 0.15) is 19.8 Å². The van der Waals surface area contributed by atoms with Crippen LogP contribution in [0.3, 0.4) is 0 Å². The molecule has 5 heteroatoms. The SMILES string of the molecule is CCC[C@@H](N)C(=O)Nc1ccc(-c2cnc[nH]2)cc1. The number of rotatable bonds is 5. The van der Waals surface area contributed by atoms with E-state index in [1.54, 1.807) is 12.5 Å². The maximum absolute atomic E-state index is 11.8. The predicted octanol–water partition coefficient (Wildman–Crippen LogP) is 2.14. The third-order valence-corrected chi connectivity index (χ3v) is 2.90. The summed E-state index contributed by atoms with van der Waals surface area (Å²) in [5, 5.41) is 2.81. The molecular formula is C14H18N4O. The first kappa shape index (κ1) is 13.3. The van der Waals surface area contributed by atoms with Gasteiger partial charge in [0, 0.05) is 5.69 Å². The summed E-state index contributed by atoms with van der Waals surface area (Å²) in [6.07, 6.45) is 4.98. The van der Waals surface area contributed by atoms with Crippen LogP contribution >= 0.6 is 0 Å². The predicted molar refractivity (Wildman–Crippen MR) is 75.5 cm³/mol. The number of aromatic amines is 1. The maximum atomic E-state index is 11.8. The van der Waals surface area contributed by atoms with Crippen molar-refractivity contribution < 1.29 is 4.79 Å². The minimum atomic E-state index is -0.447. The fourth-order valence-corrected chi connectivity index (χ4v) is 1.82. The van der Waals surface area contributed by atoms with Gasteiger partial charge in [0.05, 0.1) is 24.3 Å². The Hall–Kier alpha value is -2.14. The first-order valence-electron chi connectivity index (χ1n) is 6.36. The second-order valence-corrected chi connectivity index (χ2v) is 4.43. The number of aromatic nitrogens is 2. The molecule has 0 saturated heterocycles. The molecule has 0 aliphatic rings. The highest BCUT2D eigenvalue weighted by molar-refractivity contribution is 5.94. The number of anilines is 1. The molecule has 1 aromatic heterocycles. The lowest BCUT2D eigenvalue weighted by Crippen LogP contribution is -2.35. The lowest BCUT2D eigenvalue weighted by molar-refractivity contribution is -0.117. The normalized spacial score (nSPS) is 12.1. The van der Waals surface area contributed by atoms with Crippen LogP contribution < -0.4 is 11.1 Å². The molecule has 1 atom stereocenters. The summed E-state index contributed by atoms with van der Waals surface area (Å²) in [6.45, 7) is 2.01. The Bertz CT molecular complexity index is 519. The van der Waals surface area contributed by atoms with Crippen molar-refractivity contribution in [1.82, 2.24) is 9.97 Å². The molecule has 0 aliphatic carbocycles. The number of H-pyrrole nitrogens is 1. The van der Waals surface area contributed by atoms with Crippen molar-refractivity contribution in [3.63, 3.8) is 0 Å². The quantitative estimate of drug-likeness (QED) is 0.768. The third-order valence-electron chi connectivity index (χ3n) is 2.90. The van der Waals surface area contributed by atoms with Crippen LogP contribution in [0, 0.1) is 0 Å². The Morgan fingerprint density at radius 1 is 1.42 bits per heavy atom. The van der Waals surface area contributed by atoms with Crippen LogP contribution in [0.4, 0.5) is 5.69 Å². The smallest absolute Gasteiger partial charge is 0.241 e. The number of hydrogen-bond acceptors (Lipinski definition) is 3. The Balaban J connectivity index is 2.01. The fraction of sp³-hybridized carbons (Fsp3) is 0.286. The molecule has 2 rings (SSSR count). The summed E-state index contributed by atoms with van der Waals surface area (Å²) in [7, 11) is 0. The molecule has 1 heterocycles. The van der Waals surface area contributed by atoms with Gasteiger partial charge < -0.3 is 16.0 Å². The number of nitrogens with one attached hydrogen (secondary N) is 2. The number of imidazole rings is 1. The van der Waals surface area contributed by atoms with Gasteiger partial charge in [0.15, 0.2) is 0 Å². The monoisotopic (exact) mass is 258 g/mol. The summed E-state index contributed by atoms with van der Waals surface area (Å²) in [6, 6.07) is 7.11. The van der Waals surface area contributed by atoms with Gasteiger partial charge in [-0.25, -0.2) is 4.98 Å². The second kappa shape index (κ2) is 6.15. The summed E-state index contributed by atoms with van der Waals surface area (Å²) >= 11 is 0. The summed E-state index contributed by atoms with van der Waals surface area (Å²) in [5.74, 6) is -0.142. The van der Waals surface area contributed by atoms with E-state index in [-0.39, 0.29) is 5.91 Å². The van der Waals surface area contributed by atoms with Gasteiger partial charge in [-0.05, 0) is 24.1 Å². The minimum absolute atomic E-state index is 0.142. The van der Waals surface area contributed by atoms with Crippen LogP contribution in [0.15, 0.2) is 36.8 Å². The van der Waals surface area contributed by atoms with E-state index in [2.05, 4.69) is 15.3 Å². The zero-order chi connectivity index (χ0) is 13.7. The van der Waals surface area contributed by atoms with E-state index in [4.69, 9.17) is 5.73 Å². The van der Waals surface area contributed by atoms with Crippen molar-refractivity contribution in [2.75, 3.05) is 5.32 Å². The van der Waals surface area contributed by atoms with Gasteiger partial charge in [-0.1, -0.05) is 25.5 Å². The molecule has 0 unspecified atom stereocenters. The topological polar surface area (TPSA) is 83.8 Å². The lowest BCUT2D eigenvalue weighted by Gasteiger charge is -2.11. The van der Waals surface area contributed by atoms with Crippen LogP contribution in [0.2, 0.25) is 0 Å². The summed E-state index contributed by atoms with van der Waals surface area (Å²) in [5.41, 5.74) is 8.47. The number of carbonyl (C=O) groups excluding carboxylic acids is 1. The highest BCUT2D eigenvalue weighted by Gasteiger charge is 2.12. The van der Waals surface area contributed by atoms with Gasteiger partial charge >= 0.3 is 0 Å². The Labute approximate surface area is 112 Å². The van der Waals surface area contributed by atoms with E-state index in [9.17, 15) is 4.79 Å². The number of benzene rings is 1. The van der Waals surface area contributed by atoms with Crippen molar-refractivity contribution in [2.24, 2.45) is 5.73 Å². The molecule has 0 spiro atoms. The van der Waals surface area contributed by atoms with Gasteiger partial charge in [-0.3, -0.25) is 4.79 Å². The van der Waals surface area contributed by atoms with Gasteiger partial charge in [0.25, 0.3) is 0 Å². The Kier molecular flexibility index (Phi) is 4.30. The number of carbonyl (C=O) groups is 1. The zero-order valence-electron chi connectivity index (χ0n) is 10.9. The van der Waals surface area contributed by atoms with Gasteiger partial charge in [0.1, 0.15) is 0 Å². The molecule has 0 fully saturated rings. The average Bonchev–Trinajstić information content (AvgIpc) is 2.94. The van der Waals surface area contributed by atoms with Crippen molar-refractivity contribution in [1.29, 1.82) is 0 Å². The van der Waals surface area contributed by atoms with E-state index < -0.39 is 6.04 Å². The van der Waals surface area contributed by atoms with E-state index >= 15 is 0 Å². The third kappa shape index (κ3) is 3.42. The summed E-state index contributed by atoms with van der Waals surface area (Å²) in [4.78, 5) is 18.8. The molecule has 0 radical (unpaired) electrons. The Morgan fingerprint density at radius 3 is 2.74 bits per heavy atom. The molecular weight excluding hydrogens is 240 g/mol. The number of amides is 1. The van der Waals surface area contributed by atoms with Crippen LogP contribution in [0.25, 0.3) is 11.3 Å². The van der Waals surface area contributed by atoms with E-state index in [0.29, 0.717) is 6.42 Å². The van der Waals surface area contributed by atoms with E-state index in [0.717, 1.165) is 23.4 Å². The molecule has 1 aromatic carbocycles. The molecule has 1 amide bonds. The van der Waals surface area contributed by atoms with E-state index in [1.165, 1.54) is 0 Å². The first-order valence-corrected chi connectivity index (χ1v) is 6.36. The van der Waals surface area contributed by atoms with Crippen LogP contribution in [-0.2, 0) is 4.79 Å². The van der Waals surface area contributed by atoms with Crippen LogP contribution in [-0.4, -0.2) is 21.9 Å². The zero-order valence-corrected chi connectivity index (χ0v) is 10.9. The van der Waals surface area contributed by atoms with Crippen molar-refractivity contribution in [2.45, 2.75) is 25.8 Å². The number of hydrogen-bond donors (Lipinski definition) is 3. The van der Waals surface area contributed by atoms with Crippen molar-refractivity contribution in [3.8, 4) is 11.3 Å². The minimum Gasteiger partial charge on any atom is -0.345 e. The molecule has 0 aliphatic heterocycles. The van der Waals surface area contributed by atoms with Gasteiger partial charge in [-0.15, -0.1) is 0 Å². The molecule has 0 saturated carbocycles. The molecule has 19 heavy (non-hydrogen) atoms. The standard InChI is InChI=1S/C14H18N4O/c1-2-3-12(15)14(19)18-11-6-4-10(5-7-11)13-8-16-9-17-13/h4-9,12H,2-3,15H2,1H3,(H,16,17)(H,18,19)/t12-/m1/s1. The largest absolute Gasteiger partial charge is 0.345 e. The fourth-order valence-electron chi connectivity index (χ4n) is 1.82. The highest BCUT2D eigenvalue weighted by Crippen LogP contribution is 2.18. The second-order valence-electron chi connectivity index (χ2n) is 4.43. The first-order chi connectivity index (χ1) is 9.20. The van der Waals surface area contributed by atoms with Crippen LogP contribution in [0.5, 0.6) is 0 Å². The van der Waals surface area contributed by atoms with Crippen molar-refractivity contribution >= 4 is 11.6 Å². The number of nitrogens with two attached hydrogens (primary N) is 1.